The number of benzene rings is 2. The summed E-state index contributed by atoms with van der Waals surface area (Å²) in [4.78, 5) is 0. The number of hydrogen-bond donors (Lipinski definition) is 0. The van der Waals surface area contributed by atoms with Crippen LogP contribution in [-0.4, -0.2) is 25.7 Å². The maximum absolute atomic E-state index is 6.15. The normalized spacial score (nSPS) is 12.2. The number of ether oxygens (including phenoxy) is 3. The van der Waals surface area contributed by atoms with Gasteiger partial charge in [-0.15, -0.1) is 11.6 Å². The van der Waals surface area contributed by atoms with E-state index in [2.05, 4.69) is 19.9 Å². The van der Waals surface area contributed by atoms with E-state index >= 15 is 0 Å². The lowest BCUT2D eigenvalue weighted by molar-refractivity contribution is 0.286. The summed E-state index contributed by atoms with van der Waals surface area (Å²) in [6.45, 7) is 5.62. The highest BCUT2D eigenvalue weighted by Gasteiger charge is 2.10. The first-order valence-electron chi connectivity index (χ1n) is 9.20. The summed E-state index contributed by atoms with van der Waals surface area (Å²) in [5.41, 5.74) is 0. The Bertz CT molecular complexity index is 657. The largest absolute Gasteiger partial charge is 0.494 e. The predicted octanol–water partition coefficient (Wildman–Crippen LogP) is 6.20. The van der Waals surface area contributed by atoms with Crippen LogP contribution in [-0.2, 0) is 0 Å². The maximum atomic E-state index is 6.15. The van der Waals surface area contributed by atoms with Crippen LogP contribution in [0.1, 0.15) is 46.0 Å². The third-order valence-corrected chi connectivity index (χ3v) is 4.72. The third-order valence-electron chi connectivity index (χ3n) is 4.19. The first-order chi connectivity index (χ1) is 12.2. The van der Waals surface area contributed by atoms with E-state index in [9.17, 15) is 0 Å². The van der Waals surface area contributed by atoms with Crippen LogP contribution in [0, 0.1) is 0 Å². The first-order valence-corrected chi connectivity index (χ1v) is 9.63. The first kappa shape index (κ1) is 19.7. The summed E-state index contributed by atoms with van der Waals surface area (Å²) in [6, 6.07) is 10.1. The Kier molecular flexibility index (Phi) is 8.20. The zero-order valence-corrected chi connectivity index (χ0v) is 16.3. The second-order valence-electron chi connectivity index (χ2n) is 6.18. The molecule has 2 rings (SSSR count). The van der Waals surface area contributed by atoms with Gasteiger partial charge >= 0.3 is 0 Å². The van der Waals surface area contributed by atoms with Crippen LogP contribution in [0.4, 0.5) is 0 Å². The number of methoxy groups -OCH3 is 1. The zero-order valence-electron chi connectivity index (χ0n) is 15.5. The quantitative estimate of drug-likeness (QED) is 0.350. The SMILES string of the molecule is CCCOc1ccc2c(OC)c(OCCCCC(Cl)CC)ccc2c1. The highest BCUT2D eigenvalue weighted by Crippen LogP contribution is 2.37. The van der Waals surface area contributed by atoms with Crippen molar-refractivity contribution < 1.29 is 14.2 Å². The standard InChI is InChI=1S/C21H29ClO3/c1-4-13-24-18-10-11-19-16(15-18)9-12-20(21(19)23-3)25-14-7-6-8-17(22)5-2/h9-12,15,17H,4-8,13-14H2,1-3H3. The summed E-state index contributed by atoms with van der Waals surface area (Å²) >= 11 is 6.15. The minimum absolute atomic E-state index is 0.277. The molecule has 0 spiro atoms. The van der Waals surface area contributed by atoms with Crippen molar-refractivity contribution in [3.05, 3.63) is 30.3 Å². The lowest BCUT2D eigenvalue weighted by atomic mass is 10.1. The average molecular weight is 365 g/mol. The number of alkyl halides is 1. The molecule has 2 aromatic rings. The summed E-state index contributed by atoms with van der Waals surface area (Å²) in [5.74, 6) is 2.45. The minimum atomic E-state index is 0.277. The predicted molar refractivity (Wildman–Crippen MR) is 106 cm³/mol. The maximum Gasteiger partial charge on any atom is 0.168 e. The van der Waals surface area contributed by atoms with Crippen LogP contribution in [0.3, 0.4) is 0 Å². The van der Waals surface area contributed by atoms with E-state index in [4.69, 9.17) is 25.8 Å². The molecule has 0 bridgehead atoms. The number of halogens is 1. The molecule has 0 heterocycles. The van der Waals surface area contributed by atoms with Gasteiger partial charge in [-0.3, -0.25) is 0 Å². The molecule has 0 saturated heterocycles. The molecule has 1 atom stereocenters. The van der Waals surface area contributed by atoms with Gasteiger partial charge in [0.05, 0.1) is 20.3 Å². The van der Waals surface area contributed by atoms with Gasteiger partial charge in [-0.05, 0) is 61.8 Å². The van der Waals surface area contributed by atoms with Gasteiger partial charge in [0, 0.05) is 10.8 Å². The number of unbranched alkanes of at least 4 members (excludes halogenated alkanes) is 1. The molecule has 0 aliphatic carbocycles. The Morgan fingerprint density at radius 2 is 1.84 bits per heavy atom. The van der Waals surface area contributed by atoms with E-state index in [1.54, 1.807) is 7.11 Å². The van der Waals surface area contributed by atoms with Crippen LogP contribution in [0.2, 0.25) is 0 Å². The van der Waals surface area contributed by atoms with E-state index in [1.165, 1.54) is 0 Å². The van der Waals surface area contributed by atoms with Crippen molar-refractivity contribution in [2.24, 2.45) is 0 Å². The highest BCUT2D eigenvalue weighted by molar-refractivity contribution is 6.20. The molecular weight excluding hydrogens is 336 g/mol. The fourth-order valence-corrected chi connectivity index (χ4v) is 2.90. The summed E-state index contributed by atoms with van der Waals surface area (Å²) in [7, 11) is 1.68. The Labute approximate surface area is 156 Å². The molecule has 0 saturated carbocycles. The zero-order chi connectivity index (χ0) is 18.1. The molecule has 2 aromatic carbocycles. The van der Waals surface area contributed by atoms with E-state index in [-0.39, 0.29) is 5.38 Å². The van der Waals surface area contributed by atoms with Gasteiger partial charge in [0.25, 0.3) is 0 Å². The molecule has 0 aliphatic heterocycles. The van der Waals surface area contributed by atoms with Gasteiger partial charge in [-0.25, -0.2) is 0 Å². The number of hydrogen-bond acceptors (Lipinski definition) is 3. The van der Waals surface area contributed by atoms with Crippen LogP contribution in [0.25, 0.3) is 10.8 Å². The number of rotatable bonds is 11. The smallest absolute Gasteiger partial charge is 0.168 e. The molecule has 0 fully saturated rings. The Hall–Kier alpha value is -1.61. The van der Waals surface area contributed by atoms with E-state index < -0.39 is 0 Å². The second-order valence-corrected chi connectivity index (χ2v) is 6.80. The van der Waals surface area contributed by atoms with Gasteiger partial charge in [-0.2, -0.15) is 0 Å². The molecule has 1 unspecified atom stereocenters. The summed E-state index contributed by atoms with van der Waals surface area (Å²) in [6.07, 6.45) is 5.13. The Morgan fingerprint density at radius 3 is 2.56 bits per heavy atom. The molecule has 0 aromatic heterocycles. The molecular formula is C21H29ClO3. The molecule has 0 aliphatic rings. The van der Waals surface area contributed by atoms with Gasteiger partial charge in [0.15, 0.2) is 11.5 Å². The topological polar surface area (TPSA) is 27.7 Å². The van der Waals surface area contributed by atoms with Gasteiger partial charge in [0.2, 0.25) is 0 Å². The van der Waals surface area contributed by atoms with Gasteiger partial charge in [0.1, 0.15) is 5.75 Å². The van der Waals surface area contributed by atoms with Crippen LogP contribution in [0.5, 0.6) is 17.2 Å². The molecule has 4 heteroatoms. The van der Waals surface area contributed by atoms with Gasteiger partial charge in [-0.1, -0.05) is 19.9 Å². The lowest BCUT2D eigenvalue weighted by Gasteiger charge is -2.14. The Morgan fingerprint density at radius 1 is 1.00 bits per heavy atom. The fraction of sp³-hybridized carbons (Fsp3) is 0.524. The van der Waals surface area contributed by atoms with Crippen LogP contribution >= 0.6 is 11.6 Å². The van der Waals surface area contributed by atoms with Crippen LogP contribution < -0.4 is 14.2 Å². The number of fused-ring (bicyclic) bond motifs is 1. The van der Waals surface area contributed by atoms with Crippen molar-refractivity contribution >= 4 is 22.4 Å². The van der Waals surface area contributed by atoms with Crippen molar-refractivity contribution in [2.45, 2.75) is 51.3 Å². The molecule has 3 nitrogen and oxygen atoms in total. The second kappa shape index (κ2) is 10.4. The third kappa shape index (κ3) is 5.71. The highest BCUT2D eigenvalue weighted by atomic mass is 35.5. The van der Waals surface area contributed by atoms with Crippen molar-refractivity contribution in [3.63, 3.8) is 0 Å². The monoisotopic (exact) mass is 364 g/mol. The summed E-state index contributed by atoms with van der Waals surface area (Å²) in [5, 5.41) is 2.40. The fourth-order valence-electron chi connectivity index (χ4n) is 2.75. The molecule has 0 N–H and O–H groups in total. The molecule has 138 valence electrons. The van der Waals surface area contributed by atoms with Crippen LogP contribution in [0.15, 0.2) is 30.3 Å². The van der Waals surface area contributed by atoms with Crippen molar-refractivity contribution in [2.75, 3.05) is 20.3 Å². The van der Waals surface area contributed by atoms with Crippen molar-refractivity contribution in [1.82, 2.24) is 0 Å². The van der Waals surface area contributed by atoms with Crippen molar-refractivity contribution in [3.8, 4) is 17.2 Å². The average Bonchev–Trinajstić information content (AvgIpc) is 2.65. The van der Waals surface area contributed by atoms with E-state index in [0.717, 1.165) is 66.7 Å². The van der Waals surface area contributed by atoms with E-state index in [1.807, 2.05) is 24.3 Å². The summed E-state index contributed by atoms with van der Waals surface area (Å²) < 4.78 is 17.3. The lowest BCUT2D eigenvalue weighted by Crippen LogP contribution is -2.02. The van der Waals surface area contributed by atoms with Gasteiger partial charge < -0.3 is 14.2 Å². The minimum Gasteiger partial charge on any atom is -0.494 e. The van der Waals surface area contributed by atoms with E-state index in [0.29, 0.717) is 6.61 Å². The van der Waals surface area contributed by atoms with Crippen molar-refractivity contribution in [1.29, 1.82) is 0 Å². The molecule has 25 heavy (non-hydrogen) atoms. The molecule has 0 amide bonds. The molecule has 0 radical (unpaired) electrons. The Balaban J connectivity index is 2.02.